The number of hydrogen-bond donors (Lipinski definition) is 0. The van der Waals surface area contributed by atoms with Gasteiger partial charge in [0.15, 0.2) is 6.10 Å². The number of ether oxygens (including phenoxy) is 1. The molecule has 2 nitrogen and oxygen atoms in total. The van der Waals surface area contributed by atoms with E-state index in [1.807, 2.05) is 18.2 Å². The molecule has 1 aliphatic rings. The third-order valence-corrected chi connectivity index (χ3v) is 2.27. The molecule has 1 aromatic carbocycles. The van der Waals surface area contributed by atoms with Gasteiger partial charge in [0.05, 0.1) is 12.2 Å². The molecule has 0 aromatic heterocycles. The monoisotopic (exact) mass is 173 g/mol. The molecule has 1 fully saturated rings. The minimum Gasteiger partial charge on any atom is -0.353 e. The van der Waals surface area contributed by atoms with E-state index < -0.39 is 0 Å². The summed E-state index contributed by atoms with van der Waals surface area (Å²) in [5.41, 5.74) is 1.31. The fourth-order valence-corrected chi connectivity index (χ4v) is 1.43. The average molecular weight is 173 g/mol. The number of aryl methyl sites for hydroxylation is 1. The summed E-state index contributed by atoms with van der Waals surface area (Å²) in [5.74, 6) is 0. The van der Waals surface area contributed by atoms with E-state index in [2.05, 4.69) is 18.2 Å². The molecule has 1 heterocycles. The first kappa shape index (κ1) is 8.28. The summed E-state index contributed by atoms with van der Waals surface area (Å²) >= 11 is 0. The molecule has 0 N–H and O–H groups in total. The Balaban J connectivity index is 1.79. The van der Waals surface area contributed by atoms with Gasteiger partial charge in [-0.05, 0) is 18.4 Å². The Morgan fingerprint density at radius 3 is 2.69 bits per heavy atom. The number of epoxide rings is 1. The summed E-state index contributed by atoms with van der Waals surface area (Å²) < 4.78 is 5.13. The summed E-state index contributed by atoms with van der Waals surface area (Å²) in [6, 6.07) is 12.4. The van der Waals surface area contributed by atoms with E-state index in [1.54, 1.807) is 0 Å². The first-order valence-corrected chi connectivity index (χ1v) is 4.49. The molecule has 2 atom stereocenters. The Hall–Kier alpha value is -1.33. The highest BCUT2D eigenvalue weighted by Gasteiger charge is 2.38. The molecule has 2 heteroatoms. The fraction of sp³-hybridized carbons (Fsp3) is 0.364. The van der Waals surface area contributed by atoms with Crippen LogP contribution in [0.15, 0.2) is 30.3 Å². The second kappa shape index (κ2) is 3.59. The predicted molar refractivity (Wildman–Crippen MR) is 49.0 cm³/mol. The van der Waals surface area contributed by atoms with E-state index in [-0.39, 0.29) is 12.2 Å². The summed E-state index contributed by atoms with van der Waals surface area (Å²) in [6.07, 6.45) is 2.01. The molecule has 66 valence electrons. The van der Waals surface area contributed by atoms with Crippen molar-refractivity contribution < 1.29 is 4.74 Å². The van der Waals surface area contributed by atoms with Crippen LogP contribution in [0, 0.1) is 11.3 Å². The number of rotatable bonds is 3. The van der Waals surface area contributed by atoms with Crippen molar-refractivity contribution >= 4 is 0 Å². The number of nitriles is 1. The van der Waals surface area contributed by atoms with E-state index in [9.17, 15) is 0 Å². The molecule has 0 aliphatic carbocycles. The highest BCUT2D eigenvalue weighted by molar-refractivity contribution is 5.15. The van der Waals surface area contributed by atoms with Crippen molar-refractivity contribution in [2.24, 2.45) is 0 Å². The van der Waals surface area contributed by atoms with Crippen LogP contribution in [-0.4, -0.2) is 12.2 Å². The first-order valence-electron chi connectivity index (χ1n) is 4.49. The highest BCUT2D eigenvalue weighted by atomic mass is 16.6. The molecule has 1 aliphatic heterocycles. The predicted octanol–water partition coefficient (Wildman–Crippen LogP) is 1.91. The van der Waals surface area contributed by atoms with Crippen molar-refractivity contribution in [1.82, 2.24) is 0 Å². The minimum atomic E-state index is -0.135. The quantitative estimate of drug-likeness (QED) is 0.654. The van der Waals surface area contributed by atoms with Gasteiger partial charge in [0.25, 0.3) is 0 Å². The van der Waals surface area contributed by atoms with Gasteiger partial charge in [-0.2, -0.15) is 5.26 Å². The summed E-state index contributed by atoms with van der Waals surface area (Å²) in [7, 11) is 0. The highest BCUT2D eigenvalue weighted by Crippen LogP contribution is 2.25. The minimum absolute atomic E-state index is 0.135. The van der Waals surface area contributed by atoms with Crippen molar-refractivity contribution in [3.05, 3.63) is 35.9 Å². The standard InChI is InChI=1S/C11H11NO/c12-8-11-10(13-11)7-6-9-4-2-1-3-5-9/h1-5,10-11H,6-7H2. The van der Waals surface area contributed by atoms with Gasteiger partial charge < -0.3 is 4.74 Å². The van der Waals surface area contributed by atoms with Gasteiger partial charge in [-0.25, -0.2) is 0 Å². The van der Waals surface area contributed by atoms with Crippen molar-refractivity contribution in [3.63, 3.8) is 0 Å². The lowest BCUT2D eigenvalue weighted by atomic mass is 10.1. The van der Waals surface area contributed by atoms with Gasteiger partial charge in [0.2, 0.25) is 0 Å². The Kier molecular flexibility index (Phi) is 2.29. The Bertz CT molecular complexity index is 315. The second-order valence-corrected chi connectivity index (χ2v) is 3.25. The Morgan fingerprint density at radius 2 is 2.08 bits per heavy atom. The second-order valence-electron chi connectivity index (χ2n) is 3.25. The zero-order valence-electron chi connectivity index (χ0n) is 7.31. The summed E-state index contributed by atoms with van der Waals surface area (Å²) in [5, 5.41) is 8.50. The molecule has 0 radical (unpaired) electrons. The Labute approximate surface area is 77.8 Å². The van der Waals surface area contributed by atoms with Gasteiger partial charge >= 0.3 is 0 Å². The van der Waals surface area contributed by atoms with Crippen LogP contribution in [0.3, 0.4) is 0 Å². The summed E-state index contributed by atoms with van der Waals surface area (Å²) in [4.78, 5) is 0. The molecular weight excluding hydrogens is 162 g/mol. The van der Waals surface area contributed by atoms with E-state index >= 15 is 0 Å². The number of nitrogens with zero attached hydrogens (tertiary/aromatic N) is 1. The normalized spacial score (nSPS) is 25.2. The van der Waals surface area contributed by atoms with Crippen molar-refractivity contribution in [3.8, 4) is 6.07 Å². The van der Waals surface area contributed by atoms with Crippen LogP contribution >= 0.6 is 0 Å². The van der Waals surface area contributed by atoms with Crippen LogP contribution in [0.2, 0.25) is 0 Å². The fourth-order valence-electron chi connectivity index (χ4n) is 1.43. The molecule has 2 unspecified atom stereocenters. The lowest BCUT2D eigenvalue weighted by molar-refractivity contribution is 0.381. The number of benzene rings is 1. The van der Waals surface area contributed by atoms with Crippen LogP contribution < -0.4 is 0 Å². The van der Waals surface area contributed by atoms with Crippen LogP contribution in [0.1, 0.15) is 12.0 Å². The average Bonchev–Trinajstić information content (AvgIpc) is 2.95. The molecule has 1 saturated heterocycles. The van der Waals surface area contributed by atoms with Gasteiger partial charge in [-0.1, -0.05) is 30.3 Å². The van der Waals surface area contributed by atoms with Crippen molar-refractivity contribution in [2.45, 2.75) is 25.0 Å². The smallest absolute Gasteiger partial charge is 0.170 e. The topological polar surface area (TPSA) is 36.3 Å². The van der Waals surface area contributed by atoms with Crippen molar-refractivity contribution in [2.75, 3.05) is 0 Å². The van der Waals surface area contributed by atoms with E-state index in [0.29, 0.717) is 0 Å². The maximum atomic E-state index is 8.50. The maximum Gasteiger partial charge on any atom is 0.170 e. The van der Waals surface area contributed by atoms with Crippen LogP contribution in [0.5, 0.6) is 0 Å². The van der Waals surface area contributed by atoms with Gasteiger partial charge in [0, 0.05) is 0 Å². The lowest BCUT2D eigenvalue weighted by Gasteiger charge is -1.96. The van der Waals surface area contributed by atoms with Crippen LogP contribution in [0.4, 0.5) is 0 Å². The number of hydrogen-bond acceptors (Lipinski definition) is 2. The molecule has 13 heavy (non-hydrogen) atoms. The molecule has 2 rings (SSSR count). The van der Waals surface area contributed by atoms with Gasteiger partial charge in [-0.15, -0.1) is 0 Å². The first-order chi connectivity index (χ1) is 6.40. The third kappa shape index (κ3) is 2.07. The molecule has 0 spiro atoms. The SMILES string of the molecule is N#CC1OC1CCc1ccccc1. The molecule has 0 saturated carbocycles. The maximum absolute atomic E-state index is 8.50. The molecule has 0 bridgehead atoms. The molecular formula is C11H11NO. The largest absolute Gasteiger partial charge is 0.353 e. The van der Waals surface area contributed by atoms with E-state index in [4.69, 9.17) is 10.00 Å². The zero-order chi connectivity index (χ0) is 9.10. The van der Waals surface area contributed by atoms with Crippen LogP contribution in [0.25, 0.3) is 0 Å². The summed E-state index contributed by atoms with van der Waals surface area (Å²) in [6.45, 7) is 0. The van der Waals surface area contributed by atoms with E-state index in [1.165, 1.54) is 5.56 Å². The molecule has 0 amide bonds. The third-order valence-electron chi connectivity index (χ3n) is 2.27. The zero-order valence-corrected chi connectivity index (χ0v) is 7.31. The van der Waals surface area contributed by atoms with Crippen molar-refractivity contribution in [1.29, 1.82) is 5.26 Å². The molecule has 1 aromatic rings. The van der Waals surface area contributed by atoms with E-state index in [0.717, 1.165) is 12.8 Å². The lowest BCUT2D eigenvalue weighted by Crippen LogP contribution is -1.94. The van der Waals surface area contributed by atoms with Gasteiger partial charge in [0.1, 0.15) is 0 Å². The van der Waals surface area contributed by atoms with Gasteiger partial charge in [-0.3, -0.25) is 0 Å². The van der Waals surface area contributed by atoms with Crippen LogP contribution in [-0.2, 0) is 11.2 Å². The Morgan fingerprint density at radius 1 is 1.31 bits per heavy atom.